The van der Waals surface area contributed by atoms with E-state index in [9.17, 15) is 4.79 Å². The third-order valence-corrected chi connectivity index (χ3v) is 4.55. The van der Waals surface area contributed by atoms with Crippen molar-refractivity contribution in [2.75, 3.05) is 6.54 Å². The highest BCUT2D eigenvalue weighted by Crippen LogP contribution is 2.18. The van der Waals surface area contributed by atoms with Crippen LogP contribution in [-0.4, -0.2) is 22.4 Å². The van der Waals surface area contributed by atoms with Crippen LogP contribution in [0.5, 0.6) is 0 Å². The van der Waals surface area contributed by atoms with Crippen molar-refractivity contribution >= 4 is 53.4 Å². The van der Waals surface area contributed by atoms with Gasteiger partial charge in [0.05, 0.1) is 11.0 Å². The first-order valence-electron chi connectivity index (χ1n) is 5.97. The second-order valence-electron chi connectivity index (χ2n) is 4.19. The van der Waals surface area contributed by atoms with Crippen molar-refractivity contribution in [3.63, 3.8) is 0 Å². The first-order chi connectivity index (χ1) is 9.10. The molecule has 1 amide bonds. The number of amides is 1. The van der Waals surface area contributed by atoms with Crippen LogP contribution in [0.15, 0.2) is 10.8 Å². The summed E-state index contributed by atoms with van der Waals surface area (Å²) in [7, 11) is 0. The molecule has 3 N–H and O–H groups in total. The third-order valence-electron chi connectivity index (χ3n) is 2.50. The summed E-state index contributed by atoms with van der Waals surface area (Å²) < 4.78 is 0. The van der Waals surface area contributed by atoms with Crippen molar-refractivity contribution in [3.05, 3.63) is 32.2 Å². The summed E-state index contributed by atoms with van der Waals surface area (Å²) >= 11 is 3.01. The van der Waals surface area contributed by atoms with Gasteiger partial charge in [-0.15, -0.1) is 47.5 Å². The van der Waals surface area contributed by atoms with Crippen molar-refractivity contribution < 1.29 is 4.79 Å². The van der Waals surface area contributed by atoms with Gasteiger partial charge in [-0.2, -0.15) is 0 Å². The third kappa shape index (κ3) is 5.52. The zero-order valence-corrected chi connectivity index (χ0v) is 14.9. The highest BCUT2D eigenvalue weighted by Gasteiger charge is 2.16. The predicted octanol–water partition coefficient (Wildman–Crippen LogP) is 2.74. The van der Waals surface area contributed by atoms with Crippen molar-refractivity contribution in [3.8, 4) is 0 Å². The minimum Gasteiger partial charge on any atom is -0.342 e. The number of carbonyl (C=O) groups excluding carboxylic acids is 1. The average molecular weight is 369 g/mol. The maximum atomic E-state index is 12.0. The molecule has 2 heterocycles. The molecule has 2 aromatic rings. The van der Waals surface area contributed by atoms with E-state index in [2.05, 4.69) is 15.3 Å². The minimum atomic E-state index is -0.167. The molecule has 2 aromatic heterocycles. The molecular weight excluding hydrogens is 351 g/mol. The van der Waals surface area contributed by atoms with Gasteiger partial charge in [-0.25, -0.2) is 9.97 Å². The molecule has 118 valence electrons. The largest absolute Gasteiger partial charge is 0.342 e. The molecule has 0 aliphatic heterocycles. The molecule has 0 aromatic carbocycles. The van der Waals surface area contributed by atoms with E-state index in [1.165, 1.54) is 11.3 Å². The maximum absolute atomic E-state index is 12.0. The Morgan fingerprint density at radius 2 is 2.05 bits per heavy atom. The van der Waals surface area contributed by atoms with Crippen LogP contribution in [0.3, 0.4) is 0 Å². The number of hydrogen-bond acceptors (Lipinski definition) is 6. The lowest BCUT2D eigenvalue weighted by Crippen LogP contribution is -2.26. The highest BCUT2D eigenvalue weighted by atomic mass is 35.5. The number of thiazole rings is 2. The van der Waals surface area contributed by atoms with Crippen LogP contribution < -0.4 is 11.1 Å². The molecule has 0 aliphatic rings. The number of nitrogens with zero attached hydrogens (tertiary/aromatic N) is 2. The summed E-state index contributed by atoms with van der Waals surface area (Å²) in [4.78, 5) is 20.7. The number of nitrogens with two attached hydrogens (primary N) is 1. The molecule has 0 radical (unpaired) electrons. The van der Waals surface area contributed by atoms with Gasteiger partial charge in [-0.1, -0.05) is 0 Å². The second-order valence-corrected chi connectivity index (χ2v) is 6.02. The molecule has 21 heavy (non-hydrogen) atoms. The monoisotopic (exact) mass is 368 g/mol. The van der Waals surface area contributed by atoms with Crippen LogP contribution in [0.2, 0.25) is 0 Å². The number of hydrogen-bond donors (Lipinski definition) is 2. The zero-order chi connectivity index (χ0) is 13.8. The Bertz CT molecular complexity index is 573. The lowest BCUT2D eigenvalue weighted by Gasteiger charge is -2.09. The molecule has 1 unspecified atom stereocenters. The first-order valence-corrected chi connectivity index (χ1v) is 7.73. The van der Waals surface area contributed by atoms with Gasteiger partial charge in [-0.05, 0) is 20.4 Å². The van der Waals surface area contributed by atoms with Gasteiger partial charge in [0.15, 0.2) is 0 Å². The van der Waals surface area contributed by atoms with Crippen LogP contribution >= 0.6 is 47.5 Å². The second kappa shape index (κ2) is 9.32. The van der Waals surface area contributed by atoms with Crippen LogP contribution in [0.4, 0.5) is 0 Å². The van der Waals surface area contributed by atoms with Gasteiger partial charge in [0.25, 0.3) is 5.91 Å². The smallest absolute Gasteiger partial charge is 0.271 e. The molecule has 0 spiro atoms. The van der Waals surface area contributed by atoms with Gasteiger partial charge >= 0.3 is 0 Å². The number of carbonyl (C=O) groups is 1. The fraction of sp³-hybridized carbons (Fsp3) is 0.417. The maximum Gasteiger partial charge on any atom is 0.271 e. The van der Waals surface area contributed by atoms with Crippen LogP contribution in [0.1, 0.15) is 39.2 Å². The lowest BCUT2D eigenvalue weighted by molar-refractivity contribution is 0.0935. The van der Waals surface area contributed by atoms with Gasteiger partial charge in [0, 0.05) is 22.9 Å². The number of aromatic nitrogens is 2. The fourth-order valence-corrected chi connectivity index (χ4v) is 3.15. The highest BCUT2D eigenvalue weighted by molar-refractivity contribution is 7.10. The van der Waals surface area contributed by atoms with Crippen molar-refractivity contribution in [2.45, 2.75) is 26.3 Å². The molecule has 0 aliphatic carbocycles. The van der Waals surface area contributed by atoms with Crippen LogP contribution in [0.25, 0.3) is 0 Å². The number of nitrogens with one attached hydrogen (secondary N) is 1. The molecule has 5 nitrogen and oxygen atoms in total. The Hall–Kier alpha value is -0.730. The van der Waals surface area contributed by atoms with Crippen molar-refractivity contribution in [1.82, 2.24) is 15.3 Å². The summed E-state index contributed by atoms with van der Waals surface area (Å²) in [6, 6.07) is -0.106. The SMILES string of the molecule is Cc1csc(C(C)NC(=O)c2csc(CCN)n2)n1.Cl.Cl. The Kier molecular flexibility index (Phi) is 9.00. The van der Waals surface area contributed by atoms with E-state index in [4.69, 9.17) is 5.73 Å². The lowest BCUT2D eigenvalue weighted by atomic mass is 10.3. The van der Waals surface area contributed by atoms with Crippen molar-refractivity contribution in [2.24, 2.45) is 5.73 Å². The summed E-state index contributed by atoms with van der Waals surface area (Å²) in [5.74, 6) is -0.167. The van der Waals surface area contributed by atoms with Gasteiger partial charge < -0.3 is 11.1 Å². The Balaban J connectivity index is 0.00000200. The summed E-state index contributed by atoms with van der Waals surface area (Å²) in [6.45, 7) is 4.40. The van der Waals surface area contributed by atoms with E-state index in [-0.39, 0.29) is 36.8 Å². The van der Waals surface area contributed by atoms with Gasteiger partial charge in [0.2, 0.25) is 0 Å². The van der Waals surface area contributed by atoms with E-state index < -0.39 is 0 Å². The minimum absolute atomic E-state index is 0. The molecule has 0 bridgehead atoms. The Morgan fingerprint density at radius 1 is 1.33 bits per heavy atom. The average Bonchev–Trinajstić information content (AvgIpc) is 2.98. The standard InChI is InChI=1S/C12H16N4OS2.2ClH/c1-7-5-19-12(14-7)8(2)15-11(17)9-6-18-10(16-9)3-4-13;;/h5-6,8H,3-4,13H2,1-2H3,(H,15,17);2*1H. The van der Waals surface area contributed by atoms with E-state index in [1.54, 1.807) is 16.7 Å². The van der Waals surface area contributed by atoms with Crippen LogP contribution in [0, 0.1) is 6.92 Å². The molecular formula is C12H18Cl2N4OS2. The molecule has 0 saturated carbocycles. The molecule has 9 heteroatoms. The van der Waals surface area contributed by atoms with Gasteiger partial charge in [0.1, 0.15) is 10.7 Å². The Labute approximate surface area is 144 Å². The number of rotatable bonds is 5. The molecule has 1 atom stereocenters. The topological polar surface area (TPSA) is 80.9 Å². The predicted molar refractivity (Wildman–Crippen MR) is 92.1 cm³/mol. The van der Waals surface area contributed by atoms with Gasteiger partial charge in [-0.3, -0.25) is 4.79 Å². The van der Waals surface area contributed by atoms with E-state index in [0.717, 1.165) is 15.7 Å². The quantitative estimate of drug-likeness (QED) is 0.849. The van der Waals surface area contributed by atoms with E-state index >= 15 is 0 Å². The summed E-state index contributed by atoms with van der Waals surface area (Å²) in [5, 5.41) is 8.44. The number of halogens is 2. The Morgan fingerprint density at radius 3 is 2.62 bits per heavy atom. The van der Waals surface area contributed by atoms with E-state index in [0.29, 0.717) is 18.7 Å². The molecule has 0 saturated heterocycles. The number of aryl methyl sites for hydroxylation is 1. The zero-order valence-electron chi connectivity index (χ0n) is 11.7. The molecule has 0 fully saturated rings. The van der Waals surface area contributed by atoms with Crippen molar-refractivity contribution in [1.29, 1.82) is 0 Å². The molecule has 2 rings (SSSR count). The van der Waals surface area contributed by atoms with E-state index in [1.807, 2.05) is 19.2 Å². The fourth-order valence-electron chi connectivity index (χ4n) is 1.56. The summed E-state index contributed by atoms with van der Waals surface area (Å²) in [5.41, 5.74) is 6.89. The normalized spacial score (nSPS) is 11.2. The first kappa shape index (κ1) is 20.3. The van der Waals surface area contributed by atoms with Crippen LogP contribution in [-0.2, 0) is 6.42 Å². The summed E-state index contributed by atoms with van der Waals surface area (Å²) in [6.07, 6.45) is 0.708.